The maximum Gasteiger partial charge on any atom is 0.235 e. The fraction of sp³-hybridized carbons (Fsp3) is 0.294. The molecular formula is C17H18N4O2S. The average Bonchev–Trinajstić information content (AvgIpc) is 2.55. The molecule has 0 saturated heterocycles. The molecule has 0 spiro atoms. The highest BCUT2D eigenvalue weighted by Crippen LogP contribution is 2.24. The lowest BCUT2D eigenvalue weighted by molar-refractivity contribution is -0.113. The van der Waals surface area contributed by atoms with E-state index in [1.165, 1.54) is 11.8 Å². The summed E-state index contributed by atoms with van der Waals surface area (Å²) < 4.78 is 5.12. The molecule has 0 radical (unpaired) electrons. The molecule has 2 aromatic rings. The number of anilines is 1. The Labute approximate surface area is 145 Å². The topological polar surface area (TPSA) is 87.9 Å². The van der Waals surface area contributed by atoms with Gasteiger partial charge in [0.2, 0.25) is 5.91 Å². The molecule has 6 nitrogen and oxygen atoms in total. The van der Waals surface area contributed by atoms with Crippen LogP contribution in [0.15, 0.2) is 29.4 Å². The number of nitrogens with zero attached hydrogens (tertiary/aromatic N) is 3. The number of rotatable bonds is 6. The number of amides is 1. The van der Waals surface area contributed by atoms with Crippen LogP contribution in [0.3, 0.4) is 0 Å². The normalized spacial score (nSPS) is 10.2. The zero-order chi connectivity index (χ0) is 17.5. The lowest BCUT2D eigenvalue weighted by atomic mass is 10.1. The minimum absolute atomic E-state index is 0.146. The summed E-state index contributed by atoms with van der Waals surface area (Å²) in [5, 5.41) is 12.7. The van der Waals surface area contributed by atoms with Gasteiger partial charge in [0.25, 0.3) is 0 Å². The summed E-state index contributed by atoms with van der Waals surface area (Å²) in [5.41, 5.74) is 2.90. The van der Waals surface area contributed by atoms with Crippen molar-refractivity contribution in [2.24, 2.45) is 0 Å². The molecule has 2 aromatic heterocycles. The largest absolute Gasteiger partial charge is 0.380 e. The van der Waals surface area contributed by atoms with Crippen LogP contribution in [0.1, 0.15) is 22.4 Å². The van der Waals surface area contributed by atoms with Crippen molar-refractivity contribution >= 4 is 23.5 Å². The molecule has 0 aliphatic heterocycles. The van der Waals surface area contributed by atoms with Gasteiger partial charge in [-0.2, -0.15) is 5.26 Å². The summed E-state index contributed by atoms with van der Waals surface area (Å²) in [6.07, 6.45) is 1.63. The first kappa shape index (κ1) is 17.9. The minimum Gasteiger partial charge on any atom is -0.380 e. The van der Waals surface area contributed by atoms with Crippen molar-refractivity contribution in [2.75, 3.05) is 18.2 Å². The van der Waals surface area contributed by atoms with Gasteiger partial charge in [0, 0.05) is 19.0 Å². The smallest absolute Gasteiger partial charge is 0.235 e. The lowest BCUT2D eigenvalue weighted by Gasteiger charge is -2.10. The van der Waals surface area contributed by atoms with Gasteiger partial charge in [0.1, 0.15) is 16.9 Å². The first-order chi connectivity index (χ1) is 11.5. The summed E-state index contributed by atoms with van der Waals surface area (Å²) in [6, 6.07) is 7.66. The molecule has 0 fully saturated rings. The summed E-state index contributed by atoms with van der Waals surface area (Å²) in [6.45, 7) is 4.06. The van der Waals surface area contributed by atoms with E-state index in [9.17, 15) is 10.1 Å². The van der Waals surface area contributed by atoms with Crippen LogP contribution < -0.4 is 5.32 Å². The van der Waals surface area contributed by atoms with Gasteiger partial charge in [-0.25, -0.2) is 9.97 Å². The Morgan fingerprint density at radius 1 is 1.46 bits per heavy atom. The molecule has 0 unspecified atom stereocenters. The molecule has 1 amide bonds. The summed E-state index contributed by atoms with van der Waals surface area (Å²) in [4.78, 5) is 20.6. The Bertz CT molecular complexity index is 787. The Morgan fingerprint density at radius 2 is 2.25 bits per heavy atom. The van der Waals surface area contributed by atoms with E-state index in [2.05, 4.69) is 21.4 Å². The molecule has 0 aromatic carbocycles. The second-order valence-electron chi connectivity index (χ2n) is 5.15. The van der Waals surface area contributed by atoms with Crippen molar-refractivity contribution < 1.29 is 9.53 Å². The van der Waals surface area contributed by atoms with Crippen LogP contribution in [0, 0.1) is 25.2 Å². The molecule has 124 valence electrons. The van der Waals surface area contributed by atoms with Crippen LogP contribution in [0.2, 0.25) is 0 Å². The lowest BCUT2D eigenvalue weighted by Crippen LogP contribution is -2.16. The maximum absolute atomic E-state index is 12.1. The zero-order valence-corrected chi connectivity index (χ0v) is 14.6. The number of thioether (sulfide) groups is 1. The van der Waals surface area contributed by atoms with Crippen molar-refractivity contribution in [2.45, 2.75) is 25.5 Å². The molecule has 1 N–H and O–H groups in total. The number of aryl methyl sites for hydroxylation is 2. The number of carbonyl (C=O) groups is 1. The number of aromatic nitrogens is 2. The molecule has 0 aliphatic rings. The number of pyridine rings is 2. The van der Waals surface area contributed by atoms with Crippen LogP contribution in [-0.2, 0) is 16.1 Å². The van der Waals surface area contributed by atoms with E-state index in [-0.39, 0.29) is 11.7 Å². The average molecular weight is 342 g/mol. The van der Waals surface area contributed by atoms with Crippen LogP contribution in [0.4, 0.5) is 5.82 Å². The third-order valence-corrected chi connectivity index (χ3v) is 4.19. The highest BCUT2D eigenvalue weighted by Gasteiger charge is 2.14. The molecule has 0 atom stereocenters. The van der Waals surface area contributed by atoms with Gasteiger partial charge in [-0.05, 0) is 37.1 Å². The summed E-state index contributed by atoms with van der Waals surface area (Å²) in [5.74, 6) is 0.497. The van der Waals surface area contributed by atoms with Crippen LogP contribution in [0.5, 0.6) is 0 Å². The minimum atomic E-state index is -0.192. The number of carbonyl (C=O) groups excluding carboxylic acids is 1. The fourth-order valence-electron chi connectivity index (χ4n) is 2.12. The van der Waals surface area contributed by atoms with Gasteiger partial charge in [-0.3, -0.25) is 4.79 Å². The van der Waals surface area contributed by atoms with Gasteiger partial charge in [-0.15, -0.1) is 0 Å². The third kappa shape index (κ3) is 4.54. The maximum atomic E-state index is 12.1. The molecule has 0 saturated carbocycles. The van der Waals surface area contributed by atoms with Crippen molar-refractivity contribution in [1.29, 1.82) is 5.26 Å². The van der Waals surface area contributed by atoms with Gasteiger partial charge in [0.05, 0.1) is 17.9 Å². The molecule has 2 rings (SSSR count). The van der Waals surface area contributed by atoms with Crippen molar-refractivity contribution in [1.82, 2.24) is 9.97 Å². The Morgan fingerprint density at radius 3 is 2.92 bits per heavy atom. The van der Waals surface area contributed by atoms with E-state index in [0.717, 1.165) is 16.8 Å². The first-order valence-corrected chi connectivity index (χ1v) is 8.27. The van der Waals surface area contributed by atoms with E-state index in [4.69, 9.17) is 4.74 Å². The monoisotopic (exact) mass is 342 g/mol. The summed E-state index contributed by atoms with van der Waals surface area (Å²) in [7, 11) is 1.58. The number of ether oxygens (including phenoxy) is 1. The van der Waals surface area contributed by atoms with Gasteiger partial charge in [0.15, 0.2) is 0 Å². The number of hydrogen-bond acceptors (Lipinski definition) is 6. The molecule has 7 heteroatoms. The fourth-order valence-corrected chi connectivity index (χ4v) is 2.99. The number of nitrogens with one attached hydrogen (secondary N) is 1. The van der Waals surface area contributed by atoms with Gasteiger partial charge in [-0.1, -0.05) is 17.8 Å². The number of hydrogen-bond donors (Lipinski definition) is 1. The standard InChI is InChI=1S/C17H18N4O2S/c1-11-5-4-6-19-16(11)21-15(22)10-24-17-14(8-18)13(9-23-3)7-12(2)20-17/h4-7H,9-10H2,1-3H3,(H,19,21,22). The van der Waals surface area contributed by atoms with Crippen molar-refractivity contribution in [3.8, 4) is 6.07 Å². The predicted molar refractivity (Wildman–Crippen MR) is 92.7 cm³/mol. The Kier molecular flexibility index (Phi) is 6.29. The number of methoxy groups -OCH3 is 1. The molecule has 24 heavy (non-hydrogen) atoms. The van der Waals surface area contributed by atoms with Crippen LogP contribution in [0.25, 0.3) is 0 Å². The molecule has 2 heterocycles. The van der Waals surface area contributed by atoms with E-state index >= 15 is 0 Å². The van der Waals surface area contributed by atoms with E-state index in [1.807, 2.05) is 32.0 Å². The van der Waals surface area contributed by atoms with Crippen molar-refractivity contribution in [3.05, 3.63) is 46.8 Å². The highest BCUT2D eigenvalue weighted by atomic mass is 32.2. The Balaban J connectivity index is 2.10. The van der Waals surface area contributed by atoms with Gasteiger partial charge < -0.3 is 10.1 Å². The Hall–Kier alpha value is -2.43. The third-order valence-electron chi connectivity index (χ3n) is 3.21. The number of nitriles is 1. The predicted octanol–water partition coefficient (Wildman–Crippen LogP) is 2.84. The quantitative estimate of drug-likeness (QED) is 0.812. The zero-order valence-electron chi connectivity index (χ0n) is 13.8. The molecule has 0 aliphatic carbocycles. The van der Waals surface area contributed by atoms with E-state index in [0.29, 0.717) is 23.0 Å². The second kappa shape index (κ2) is 8.43. The summed E-state index contributed by atoms with van der Waals surface area (Å²) >= 11 is 1.23. The first-order valence-electron chi connectivity index (χ1n) is 7.29. The van der Waals surface area contributed by atoms with Gasteiger partial charge >= 0.3 is 0 Å². The van der Waals surface area contributed by atoms with Crippen molar-refractivity contribution in [3.63, 3.8) is 0 Å². The highest BCUT2D eigenvalue weighted by molar-refractivity contribution is 8.00. The van der Waals surface area contributed by atoms with E-state index < -0.39 is 0 Å². The van der Waals surface area contributed by atoms with E-state index in [1.54, 1.807) is 13.3 Å². The van der Waals surface area contributed by atoms with Crippen LogP contribution >= 0.6 is 11.8 Å². The molecular weight excluding hydrogens is 324 g/mol. The molecule has 0 bridgehead atoms. The van der Waals surface area contributed by atoms with Crippen LogP contribution in [-0.4, -0.2) is 28.7 Å². The second-order valence-corrected chi connectivity index (χ2v) is 6.12. The SMILES string of the molecule is COCc1cc(C)nc(SCC(=O)Nc2ncccc2C)c1C#N.